The van der Waals surface area contributed by atoms with Gasteiger partial charge in [0.1, 0.15) is 11.5 Å². The summed E-state index contributed by atoms with van der Waals surface area (Å²) in [7, 11) is 3.17. The topological polar surface area (TPSA) is 73.6 Å². The first-order chi connectivity index (χ1) is 8.71. The van der Waals surface area contributed by atoms with Gasteiger partial charge in [-0.25, -0.2) is 0 Å². The van der Waals surface area contributed by atoms with E-state index < -0.39 is 0 Å². The molecule has 18 heavy (non-hydrogen) atoms. The van der Waals surface area contributed by atoms with Crippen LogP contribution in [-0.2, 0) is 11.2 Å². The first-order valence-electron chi connectivity index (χ1n) is 5.89. The minimum Gasteiger partial charge on any atom is -0.497 e. The normalized spacial score (nSPS) is 9.94. The van der Waals surface area contributed by atoms with E-state index in [4.69, 9.17) is 15.2 Å². The maximum absolute atomic E-state index is 11.7. The number of hydrogen-bond donors (Lipinski definition) is 2. The van der Waals surface area contributed by atoms with Crippen molar-refractivity contribution in [3.63, 3.8) is 0 Å². The summed E-state index contributed by atoms with van der Waals surface area (Å²) < 4.78 is 10.3. The molecule has 0 atom stereocenters. The number of carbonyl (C=O) groups is 1. The maximum atomic E-state index is 11.7. The summed E-state index contributed by atoms with van der Waals surface area (Å²) in [6.07, 6.45) is 1.07. The molecule has 100 valence electrons. The van der Waals surface area contributed by atoms with E-state index >= 15 is 0 Å². The molecule has 0 aromatic heterocycles. The lowest BCUT2D eigenvalue weighted by Crippen LogP contribution is -2.27. The lowest BCUT2D eigenvalue weighted by atomic mass is 10.1. The van der Waals surface area contributed by atoms with E-state index in [2.05, 4.69) is 5.32 Å². The maximum Gasteiger partial charge on any atom is 0.224 e. The summed E-state index contributed by atoms with van der Waals surface area (Å²) in [5.74, 6) is 1.33. The van der Waals surface area contributed by atoms with Crippen molar-refractivity contribution in [1.29, 1.82) is 0 Å². The van der Waals surface area contributed by atoms with Gasteiger partial charge in [0.15, 0.2) is 0 Å². The third-order valence-corrected chi connectivity index (χ3v) is 2.55. The molecular formula is C13H20N2O3. The van der Waals surface area contributed by atoms with E-state index in [1.165, 1.54) is 0 Å². The summed E-state index contributed by atoms with van der Waals surface area (Å²) in [6, 6.07) is 5.41. The summed E-state index contributed by atoms with van der Waals surface area (Å²) in [6.45, 7) is 1.18. The number of carbonyl (C=O) groups excluding carboxylic acids is 1. The number of hydrogen-bond acceptors (Lipinski definition) is 4. The minimum atomic E-state index is -0.0353. The largest absolute Gasteiger partial charge is 0.497 e. The van der Waals surface area contributed by atoms with Crippen LogP contribution in [-0.4, -0.2) is 33.2 Å². The Hall–Kier alpha value is -1.75. The van der Waals surface area contributed by atoms with Gasteiger partial charge in [-0.15, -0.1) is 0 Å². The Labute approximate surface area is 107 Å². The van der Waals surface area contributed by atoms with Crippen LogP contribution < -0.4 is 20.5 Å². The molecule has 0 fully saturated rings. The average Bonchev–Trinajstić information content (AvgIpc) is 2.39. The number of rotatable bonds is 7. The van der Waals surface area contributed by atoms with E-state index in [0.29, 0.717) is 24.6 Å². The van der Waals surface area contributed by atoms with Crippen molar-refractivity contribution in [2.45, 2.75) is 12.8 Å². The first kappa shape index (κ1) is 14.3. The molecule has 3 N–H and O–H groups in total. The van der Waals surface area contributed by atoms with Crippen LogP contribution in [0, 0.1) is 0 Å². The summed E-state index contributed by atoms with van der Waals surface area (Å²) >= 11 is 0. The second-order valence-corrected chi connectivity index (χ2v) is 3.85. The molecule has 5 nitrogen and oxygen atoms in total. The zero-order valence-corrected chi connectivity index (χ0v) is 10.9. The van der Waals surface area contributed by atoms with Crippen molar-refractivity contribution in [2.24, 2.45) is 5.73 Å². The number of nitrogens with two attached hydrogens (primary N) is 1. The molecular weight excluding hydrogens is 232 g/mol. The van der Waals surface area contributed by atoms with E-state index in [-0.39, 0.29) is 12.3 Å². The molecule has 1 amide bonds. The highest BCUT2D eigenvalue weighted by Crippen LogP contribution is 2.24. The molecule has 0 bridgehead atoms. The molecule has 5 heteroatoms. The molecule has 0 saturated carbocycles. The van der Waals surface area contributed by atoms with Gasteiger partial charge < -0.3 is 20.5 Å². The average molecular weight is 252 g/mol. The Morgan fingerprint density at radius 2 is 2.11 bits per heavy atom. The Balaban J connectivity index is 2.63. The summed E-state index contributed by atoms with van der Waals surface area (Å²) in [5, 5.41) is 2.81. The monoisotopic (exact) mass is 252 g/mol. The highest BCUT2D eigenvalue weighted by Gasteiger charge is 2.09. The van der Waals surface area contributed by atoms with Gasteiger partial charge in [-0.3, -0.25) is 4.79 Å². The summed E-state index contributed by atoms with van der Waals surface area (Å²) in [5.41, 5.74) is 6.20. The zero-order chi connectivity index (χ0) is 13.4. The molecule has 0 radical (unpaired) electrons. The Morgan fingerprint density at radius 3 is 2.72 bits per heavy atom. The fourth-order valence-corrected chi connectivity index (χ4v) is 1.56. The second-order valence-electron chi connectivity index (χ2n) is 3.85. The summed E-state index contributed by atoms with van der Waals surface area (Å²) in [4.78, 5) is 11.7. The zero-order valence-electron chi connectivity index (χ0n) is 10.9. The van der Waals surface area contributed by atoms with Crippen LogP contribution >= 0.6 is 0 Å². The molecule has 0 aliphatic heterocycles. The highest BCUT2D eigenvalue weighted by atomic mass is 16.5. The molecule has 1 rings (SSSR count). The Bertz CT molecular complexity index is 394. The van der Waals surface area contributed by atoms with Crippen molar-refractivity contribution in [3.05, 3.63) is 23.8 Å². The smallest absolute Gasteiger partial charge is 0.224 e. The molecule has 0 saturated heterocycles. The van der Waals surface area contributed by atoms with E-state index in [1.54, 1.807) is 20.3 Å². The van der Waals surface area contributed by atoms with Crippen LogP contribution in [0.4, 0.5) is 0 Å². The van der Waals surface area contributed by atoms with Gasteiger partial charge in [0.2, 0.25) is 5.91 Å². The quantitative estimate of drug-likeness (QED) is 0.701. The lowest BCUT2D eigenvalue weighted by Gasteiger charge is -2.10. The van der Waals surface area contributed by atoms with Crippen molar-refractivity contribution in [1.82, 2.24) is 5.32 Å². The van der Waals surface area contributed by atoms with Gasteiger partial charge in [-0.2, -0.15) is 0 Å². The van der Waals surface area contributed by atoms with Gasteiger partial charge in [0.25, 0.3) is 0 Å². The molecule has 0 spiro atoms. The van der Waals surface area contributed by atoms with Crippen LogP contribution in [0.3, 0.4) is 0 Å². The predicted octanol–water partition coefficient (Wildman–Crippen LogP) is 0.711. The van der Waals surface area contributed by atoms with Crippen LogP contribution in [0.15, 0.2) is 18.2 Å². The van der Waals surface area contributed by atoms with Crippen molar-refractivity contribution >= 4 is 5.91 Å². The lowest BCUT2D eigenvalue weighted by molar-refractivity contribution is -0.120. The van der Waals surface area contributed by atoms with Crippen molar-refractivity contribution in [2.75, 3.05) is 27.3 Å². The van der Waals surface area contributed by atoms with E-state index in [1.807, 2.05) is 12.1 Å². The number of benzene rings is 1. The molecule has 1 aromatic carbocycles. The van der Waals surface area contributed by atoms with Gasteiger partial charge in [0.05, 0.1) is 20.6 Å². The fraction of sp³-hybridized carbons (Fsp3) is 0.462. The van der Waals surface area contributed by atoms with Gasteiger partial charge in [-0.1, -0.05) is 6.07 Å². The number of nitrogens with one attached hydrogen (secondary N) is 1. The van der Waals surface area contributed by atoms with E-state index in [9.17, 15) is 4.79 Å². The van der Waals surface area contributed by atoms with Gasteiger partial charge >= 0.3 is 0 Å². The van der Waals surface area contributed by atoms with Crippen LogP contribution in [0.5, 0.6) is 11.5 Å². The molecule has 0 aliphatic rings. The van der Waals surface area contributed by atoms with Crippen LogP contribution in [0.2, 0.25) is 0 Å². The Morgan fingerprint density at radius 1 is 1.33 bits per heavy atom. The Kier molecular flexibility index (Phi) is 6.00. The van der Waals surface area contributed by atoms with E-state index in [0.717, 1.165) is 12.0 Å². The molecule has 0 aliphatic carbocycles. The molecule has 0 unspecified atom stereocenters. The number of methoxy groups -OCH3 is 2. The minimum absolute atomic E-state index is 0.0353. The third-order valence-electron chi connectivity index (χ3n) is 2.55. The molecule has 1 aromatic rings. The van der Waals surface area contributed by atoms with Crippen molar-refractivity contribution in [3.8, 4) is 11.5 Å². The first-order valence-corrected chi connectivity index (χ1v) is 5.89. The van der Waals surface area contributed by atoms with Crippen LogP contribution in [0.25, 0.3) is 0 Å². The SMILES string of the molecule is COc1ccc(CC(=O)NCCCN)c(OC)c1. The predicted molar refractivity (Wildman–Crippen MR) is 69.9 cm³/mol. The van der Waals surface area contributed by atoms with Gasteiger partial charge in [-0.05, 0) is 19.0 Å². The second kappa shape index (κ2) is 7.55. The molecule has 0 heterocycles. The number of amides is 1. The van der Waals surface area contributed by atoms with Crippen LogP contribution in [0.1, 0.15) is 12.0 Å². The standard InChI is InChI=1S/C13H20N2O3/c1-17-11-5-4-10(12(9-11)18-2)8-13(16)15-7-3-6-14/h4-5,9H,3,6-8,14H2,1-2H3,(H,15,16). The van der Waals surface area contributed by atoms with Crippen molar-refractivity contribution < 1.29 is 14.3 Å². The highest BCUT2D eigenvalue weighted by molar-refractivity contribution is 5.79. The number of ether oxygens (including phenoxy) is 2. The third kappa shape index (κ3) is 4.25. The van der Waals surface area contributed by atoms with Gasteiger partial charge in [0, 0.05) is 18.2 Å². The fourth-order valence-electron chi connectivity index (χ4n) is 1.56.